The summed E-state index contributed by atoms with van der Waals surface area (Å²) >= 11 is 0. The molecule has 1 aromatic carbocycles. The number of H-pyrrole nitrogens is 1. The van der Waals surface area contributed by atoms with Crippen LogP contribution in [0.2, 0.25) is 0 Å². The molecule has 0 saturated carbocycles. The topological polar surface area (TPSA) is 104 Å². The van der Waals surface area contributed by atoms with E-state index >= 15 is 0 Å². The van der Waals surface area contributed by atoms with E-state index in [2.05, 4.69) is 20.8 Å². The van der Waals surface area contributed by atoms with Crippen molar-refractivity contribution in [1.82, 2.24) is 10.2 Å². The van der Waals surface area contributed by atoms with Crippen molar-refractivity contribution in [2.45, 2.75) is 6.92 Å². The molecule has 0 aliphatic carbocycles. The molecule has 2 amide bonds. The molecule has 1 aromatic heterocycles. The van der Waals surface area contributed by atoms with Crippen molar-refractivity contribution < 1.29 is 9.59 Å². The molecule has 2 aromatic rings. The maximum Gasteiger partial charge on any atom is 0.276 e. The summed E-state index contributed by atoms with van der Waals surface area (Å²) in [6, 6.07) is 9.23. The number of nitrogens with zero attached hydrogens (tertiary/aromatic N) is 1. The zero-order valence-corrected chi connectivity index (χ0v) is 10.6. The van der Waals surface area contributed by atoms with E-state index in [9.17, 15) is 14.4 Å². The number of benzene rings is 1. The summed E-state index contributed by atoms with van der Waals surface area (Å²) < 4.78 is 0. The van der Waals surface area contributed by atoms with E-state index in [1.807, 2.05) is 0 Å². The lowest BCUT2D eigenvalue weighted by atomic mass is 10.2. The fourth-order valence-electron chi connectivity index (χ4n) is 1.54. The van der Waals surface area contributed by atoms with Crippen molar-refractivity contribution >= 4 is 23.2 Å². The Morgan fingerprint density at radius 2 is 1.80 bits per heavy atom. The van der Waals surface area contributed by atoms with Crippen LogP contribution in [0.5, 0.6) is 0 Å². The highest BCUT2D eigenvalue weighted by Gasteiger charge is 2.08. The van der Waals surface area contributed by atoms with Crippen molar-refractivity contribution in [3.8, 4) is 0 Å². The van der Waals surface area contributed by atoms with Gasteiger partial charge in [0.25, 0.3) is 11.5 Å². The van der Waals surface area contributed by atoms with Crippen LogP contribution in [0.25, 0.3) is 0 Å². The molecule has 0 spiro atoms. The van der Waals surface area contributed by atoms with Gasteiger partial charge in [-0.3, -0.25) is 14.4 Å². The summed E-state index contributed by atoms with van der Waals surface area (Å²) in [6.45, 7) is 1.40. The largest absolute Gasteiger partial charge is 0.326 e. The molecule has 1 heterocycles. The van der Waals surface area contributed by atoms with E-state index in [4.69, 9.17) is 0 Å². The van der Waals surface area contributed by atoms with Crippen LogP contribution in [0.15, 0.2) is 41.2 Å². The molecule has 0 saturated heterocycles. The lowest BCUT2D eigenvalue weighted by molar-refractivity contribution is -0.114. The summed E-state index contributed by atoms with van der Waals surface area (Å²) in [6.07, 6.45) is 0. The molecule has 0 fully saturated rings. The SMILES string of the molecule is CC(=O)Nc1cccc(NC(=O)c2ccc(=O)[nH]n2)c1. The Bertz CT molecular complexity index is 688. The highest BCUT2D eigenvalue weighted by molar-refractivity contribution is 6.03. The summed E-state index contributed by atoms with van der Waals surface area (Å²) in [4.78, 5) is 33.7. The number of nitrogens with one attached hydrogen (secondary N) is 3. The quantitative estimate of drug-likeness (QED) is 0.774. The standard InChI is InChI=1S/C13H12N4O3/c1-8(18)14-9-3-2-4-10(7-9)15-13(20)11-5-6-12(19)17-16-11/h2-7H,1H3,(H,14,18)(H,15,20)(H,17,19). The van der Waals surface area contributed by atoms with Gasteiger partial charge in [0.15, 0.2) is 0 Å². The van der Waals surface area contributed by atoms with Gasteiger partial charge in [-0.05, 0) is 24.3 Å². The summed E-state index contributed by atoms with van der Waals surface area (Å²) in [7, 11) is 0. The van der Waals surface area contributed by atoms with Gasteiger partial charge < -0.3 is 10.6 Å². The molecule has 2 rings (SSSR count). The molecule has 102 valence electrons. The van der Waals surface area contributed by atoms with Crippen LogP contribution in [-0.4, -0.2) is 22.0 Å². The highest BCUT2D eigenvalue weighted by Crippen LogP contribution is 2.15. The van der Waals surface area contributed by atoms with Gasteiger partial charge in [-0.15, -0.1) is 0 Å². The fourth-order valence-corrected chi connectivity index (χ4v) is 1.54. The van der Waals surface area contributed by atoms with Gasteiger partial charge in [0.1, 0.15) is 5.69 Å². The number of hydrogen-bond acceptors (Lipinski definition) is 4. The van der Waals surface area contributed by atoms with Crippen LogP contribution >= 0.6 is 0 Å². The predicted octanol–water partition coefficient (Wildman–Crippen LogP) is 0.981. The predicted molar refractivity (Wildman–Crippen MR) is 73.6 cm³/mol. The Morgan fingerprint density at radius 1 is 1.10 bits per heavy atom. The Morgan fingerprint density at radius 3 is 2.40 bits per heavy atom. The van der Waals surface area contributed by atoms with Crippen LogP contribution in [0.4, 0.5) is 11.4 Å². The van der Waals surface area contributed by atoms with Gasteiger partial charge in [0, 0.05) is 24.4 Å². The van der Waals surface area contributed by atoms with Gasteiger partial charge in [0.05, 0.1) is 0 Å². The summed E-state index contributed by atoms with van der Waals surface area (Å²) in [5.74, 6) is -0.656. The minimum absolute atomic E-state index is 0.0922. The maximum absolute atomic E-state index is 11.9. The smallest absolute Gasteiger partial charge is 0.276 e. The number of anilines is 2. The van der Waals surface area contributed by atoms with Crippen LogP contribution < -0.4 is 16.2 Å². The second kappa shape index (κ2) is 5.79. The average Bonchev–Trinajstić information content (AvgIpc) is 2.39. The number of carbonyl (C=O) groups excluding carboxylic acids is 2. The Balaban J connectivity index is 2.13. The molecule has 0 aliphatic heterocycles. The van der Waals surface area contributed by atoms with Crippen molar-refractivity contribution in [2.75, 3.05) is 10.6 Å². The normalized spacial score (nSPS) is 9.85. The molecule has 0 radical (unpaired) electrons. The van der Waals surface area contributed by atoms with E-state index in [-0.39, 0.29) is 17.2 Å². The average molecular weight is 272 g/mol. The van der Waals surface area contributed by atoms with Crippen molar-refractivity contribution in [3.63, 3.8) is 0 Å². The molecule has 20 heavy (non-hydrogen) atoms. The van der Waals surface area contributed by atoms with E-state index in [0.717, 1.165) is 0 Å². The lowest BCUT2D eigenvalue weighted by Gasteiger charge is -2.07. The molecule has 0 unspecified atom stereocenters. The number of hydrogen-bond donors (Lipinski definition) is 3. The molecule has 7 heteroatoms. The molecule has 3 N–H and O–H groups in total. The van der Waals surface area contributed by atoms with Crippen molar-refractivity contribution in [3.05, 3.63) is 52.4 Å². The van der Waals surface area contributed by atoms with E-state index in [0.29, 0.717) is 11.4 Å². The molecular weight excluding hydrogens is 260 g/mol. The fraction of sp³-hybridized carbons (Fsp3) is 0.0769. The minimum Gasteiger partial charge on any atom is -0.326 e. The number of aromatic amines is 1. The second-order valence-corrected chi connectivity index (χ2v) is 4.02. The number of rotatable bonds is 3. The van der Waals surface area contributed by atoms with Crippen molar-refractivity contribution in [2.24, 2.45) is 0 Å². The lowest BCUT2D eigenvalue weighted by Crippen LogP contribution is -2.17. The van der Waals surface area contributed by atoms with Crippen LogP contribution in [0.1, 0.15) is 17.4 Å². The Labute approximate surface area is 114 Å². The van der Waals surface area contributed by atoms with Crippen LogP contribution in [0.3, 0.4) is 0 Å². The second-order valence-electron chi connectivity index (χ2n) is 4.02. The summed E-state index contributed by atoms with van der Waals surface area (Å²) in [5.41, 5.74) is 0.794. The minimum atomic E-state index is -0.457. The zero-order chi connectivity index (χ0) is 14.5. The highest BCUT2D eigenvalue weighted by atomic mass is 16.2. The van der Waals surface area contributed by atoms with Gasteiger partial charge in [-0.25, -0.2) is 5.10 Å². The Hall–Kier alpha value is -2.96. The number of amides is 2. The molecular formula is C13H12N4O3. The van der Waals surface area contributed by atoms with Gasteiger partial charge in [-0.2, -0.15) is 5.10 Å². The number of aromatic nitrogens is 2. The van der Waals surface area contributed by atoms with Crippen LogP contribution in [0, 0.1) is 0 Å². The Kier molecular flexibility index (Phi) is 3.90. The molecule has 0 aliphatic rings. The summed E-state index contributed by atoms with van der Waals surface area (Å²) in [5, 5.41) is 11.0. The third kappa shape index (κ3) is 3.52. The third-order valence-corrected chi connectivity index (χ3v) is 2.35. The first-order valence-corrected chi connectivity index (χ1v) is 5.79. The van der Waals surface area contributed by atoms with Crippen molar-refractivity contribution in [1.29, 1.82) is 0 Å². The van der Waals surface area contributed by atoms with Gasteiger partial charge >= 0.3 is 0 Å². The first-order valence-electron chi connectivity index (χ1n) is 5.79. The monoisotopic (exact) mass is 272 g/mol. The van der Waals surface area contributed by atoms with E-state index < -0.39 is 5.91 Å². The maximum atomic E-state index is 11.9. The zero-order valence-electron chi connectivity index (χ0n) is 10.6. The molecule has 0 atom stereocenters. The number of carbonyl (C=O) groups is 2. The third-order valence-electron chi connectivity index (χ3n) is 2.35. The first-order chi connectivity index (χ1) is 9.54. The van der Waals surface area contributed by atoms with E-state index in [1.54, 1.807) is 24.3 Å². The van der Waals surface area contributed by atoms with Crippen LogP contribution in [-0.2, 0) is 4.79 Å². The van der Waals surface area contributed by atoms with E-state index in [1.165, 1.54) is 19.1 Å². The molecule has 0 bridgehead atoms. The first kappa shape index (κ1) is 13.5. The molecule has 7 nitrogen and oxygen atoms in total. The van der Waals surface area contributed by atoms with Gasteiger partial charge in [-0.1, -0.05) is 6.07 Å². The van der Waals surface area contributed by atoms with Gasteiger partial charge in [0.2, 0.25) is 5.91 Å².